The van der Waals surface area contributed by atoms with Crippen LogP contribution in [0, 0.1) is 5.92 Å². The van der Waals surface area contributed by atoms with Crippen molar-refractivity contribution in [1.82, 2.24) is 14.9 Å². The van der Waals surface area contributed by atoms with Crippen molar-refractivity contribution in [3.8, 4) is 0 Å². The first kappa shape index (κ1) is 22.1. The lowest BCUT2D eigenvalue weighted by atomic mass is 10.1. The summed E-state index contributed by atoms with van der Waals surface area (Å²) >= 11 is 0. The van der Waals surface area contributed by atoms with Crippen LogP contribution >= 0.6 is 12.4 Å². The third kappa shape index (κ3) is 5.44. The van der Waals surface area contributed by atoms with Crippen molar-refractivity contribution in [2.24, 2.45) is 5.92 Å². The van der Waals surface area contributed by atoms with Gasteiger partial charge in [0.1, 0.15) is 0 Å². The molecule has 3 rings (SSSR count). The fourth-order valence-corrected chi connectivity index (χ4v) is 5.56. The van der Waals surface area contributed by atoms with Crippen molar-refractivity contribution in [3.63, 3.8) is 0 Å². The van der Waals surface area contributed by atoms with Crippen molar-refractivity contribution in [2.45, 2.75) is 50.0 Å². The minimum Gasteiger partial charge on any atom is -0.352 e. The summed E-state index contributed by atoms with van der Waals surface area (Å²) in [5.74, 6) is 0.405. The number of hydrogen-bond donors (Lipinski definition) is 2. The van der Waals surface area contributed by atoms with Crippen LogP contribution in [0.15, 0.2) is 29.2 Å². The summed E-state index contributed by atoms with van der Waals surface area (Å²) in [5, 5.41) is 6.23. The molecule has 8 heteroatoms. The molecule has 2 aliphatic rings. The average molecular weight is 416 g/mol. The van der Waals surface area contributed by atoms with Gasteiger partial charge in [0.05, 0.1) is 4.90 Å². The molecule has 0 aromatic heterocycles. The smallest absolute Gasteiger partial charge is 0.251 e. The maximum Gasteiger partial charge on any atom is 0.251 e. The summed E-state index contributed by atoms with van der Waals surface area (Å²) in [6.45, 7) is 5.18. The van der Waals surface area contributed by atoms with Crippen LogP contribution in [-0.4, -0.2) is 50.9 Å². The first-order valence-electron chi connectivity index (χ1n) is 9.59. The number of benzene rings is 1. The number of carbonyl (C=O) groups is 1. The number of halogens is 1. The van der Waals surface area contributed by atoms with E-state index in [0.29, 0.717) is 24.6 Å². The number of amides is 1. The molecule has 0 radical (unpaired) electrons. The maximum atomic E-state index is 12.9. The van der Waals surface area contributed by atoms with Crippen LogP contribution in [0.2, 0.25) is 0 Å². The summed E-state index contributed by atoms with van der Waals surface area (Å²) in [6.07, 6.45) is 4.93. The predicted molar refractivity (Wildman–Crippen MR) is 109 cm³/mol. The normalized spacial score (nSPS) is 23.6. The second-order valence-electron chi connectivity index (χ2n) is 7.39. The summed E-state index contributed by atoms with van der Waals surface area (Å²) < 4.78 is 27.5. The zero-order valence-electron chi connectivity index (χ0n) is 15.8. The number of rotatable bonds is 6. The van der Waals surface area contributed by atoms with Crippen molar-refractivity contribution in [3.05, 3.63) is 29.8 Å². The Balaban J connectivity index is 0.00000261. The van der Waals surface area contributed by atoms with Crippen LogP contribution in [0.1, 0.15) is 49.4 Å². The number of hydrogen-bond acceptors (Lipinski definition) is 4. The molecule has 0 spiro atoms. The molecule has 2 N–H and O–H groups in total. The summed E-state index contributed by atoms with van der Waals surface area (Å²) in [6, 6.07) is 6.41. The summed E-state index contributed by atoms with van der Waals surface area (Å²) in [4.78, 5) is 12.6. The van der Waals surface area contributed by atoms with E-state index in [2.05, 4.69) is 10.6 Å². The third-order valence-electron chi connectivity index (χ3n) is 5.45. The lowest BCUT2D eigenvalue weighted by molar-refractivity contribution is 0.0951. The molecule has 1 aromatic carbocycles. The van der Waals surface area contributed by atoms with Gasteiger partial charge in [-0.15, -0.1) is 12.4 Å². The molecule has 1 aromatic rings. The fraction of sp³-hybridized carbons (Fsp3) is 0.632. The monoisotopic (exact) mass is 415 g/mol. The van der Waals surface area contributed by atoms with Gasteiger partial charge in [0.15, 0.2) is 0 Å². The van der Waals surface area contributed by atoms with Gasteiger partial charge in [0.2, 0.25) is 10.0 Å². The topological polar surface area (TPSA) is 78.5 Å². The molecule has 2 aliphatic heterocycles. The van der Waals surface area contributed by atoms with E-state index in [-0.39, 0.29) is 29.3 Å². The molecule has 2 atom stereocenters. The molecule has 0 aliphatic carbocycles. The van der Waals surface area contributed by atoms with Gasteiger partial charge >= 0.3 is 0 Å². The quantitative estimate of drug-likeness (QED) is 0.747. The standard InChI is InChI=1S/C19H29N3O3S.ClH/c1-15-5-2-3-12-22(15)26(24,25)18-7-4-6-17(13-18)19(23)21-11-9-16-8-10-20-14-16;/h4,6-7,13,15-16,20H,2-3,5,8-12,14H2,1H3,(H,21,23);1H. The highest BCUT2D eigenvalue weighted by Gasteiger charge is 2.31. The molecule has 2 saturated heterocycles. The van der Waals surface area contributed by atoms with E-state index >= 15 is 0 Å². The van der Waals surface area contributed by atoms with E-state index in [0.717, 1.165) is 45.2 Å². The van der Waals surface area contributed by atoms with E-state index in [1.165, 1.54) is 6.07 Å². The molecule has 2 unspecified atom stereocenters. The van der Waals surface area contributed by atoms with Crippen LogP contribution in [0.4, 0.5) is 0 Å². The number of sulfonamides is 1. The zero-order chi connectivity index (χ0) is 18.6. The lowest BCUT2D eigenvalue weighted by Crippen LogP contribution is -2.42. The van der Waals surface area contributed by atoms with Crippen LogP contribution in [0.25, 0.3) is 0 Å². The van der Waals surface area contributed by atoms with E-state index in [4.69, 9.17) is 0 Å². The largest absolute Gasteiger partial charge is 0.352 e. The van der Waals surface area contributed by atoms with Crippen LogP contribution in [0.5, 0.6) is 0 Å². The number of nitrogens with zero attached hydrogens (tertiary/aromatic N) is 1. The van der Waals surface area contributed by atoms with Crippen molar-refractivity contribution in [2.75, 3.05) is 26.2 Å². The Morgan fingerprint density at radius 1 is 1.30 bits per heavy atom. The second-order valence-corrected chi connectivity index (χ2v) is 9.28. The molecule has 2 heterocycles. The molecule has 6 nitrogen and oxygen atoms in total. The first-order chi connectivity index (χ1) is 12.5. The lowest BCUT2D eigenvalue weighted by Gasteiger charge is -2.32. The van der Waals surface area contributed by atoms with E-state index in [1.807, 2.05) is 6.92 Å². The average Bonchev–Trinajstić information content (AvgIpc) is 3.15. The molecule has 0 bridgehead atoms. The Bertz CT molecular complexity index is 735. The second kappa shape index (κ2) is 9.87. The number of piperidine rings is 1. The molecule has 27 heavy (non-hydrogen) atoms. The first-order valence-corrected chi connectivity index (χ1v) is 11.0. The zero-order valence-corrected chi connectivity index (χ0v) is 17.4. The molecular weight excluding hydrogens is 386 g/mol. The van der Waals surface area contributed by atoms with Gasteiger partial charge in [-0.2, -0.15) is 4.31 Å². The van der Waals surface area contributed by atoms with Gasteiger partial charge in [-0.3, -0.25) is 4.79 Å². The Morgan fingerprint density at radius 2 is 2.11 bits per heavy atom. The van der Waals surface area contributed by atoms with Gasteiger partial charge in [-0.1, -0.05) is 12.5 Å². The predicted octanol–water partition coefficient (Wildman–Crippen LogP) is 2.40. The van der Waals surface area contributed by atoms with E-state index in [9.17, 15) is 13.2 Å². The Hall–Kier alpha value is -1.15. The van der Waals surface area contributed by atoms with Crippen LogP contribution in [-0.2, 0) is 10.0 Å². The third-order valence-corrected chi connectivity index (χ3v) is 7.45. The Labute approximate surface area is 168 Å². The van der Waals surface area contributed by atoms with Crippen LogP contribution in [0.3, 0.4) is 0 Å². The fourth-order valence-electron chi connectivity index (χ4n) is 3.81. The Morgan fingerprint density at radius 3 is 2.81 bits per heavy atom. The number of nitrogens with one attached hydrogen (secondary N) is 2. The minimum atomic E-state index is -3.56. The van der Waals surface area contributed by atoms with Gasteiger partial charge in [0, 0.05) is 24.7 Å². The van der Waals surface area contributed by atoms with Gasteiger partial charge in [-0.05, 0) is 69.8 Å². The maximum absolute atomic E-state index is 12.9. The van der Waals surface area contributed by atoms with Gasteiger partial charge in [-0.25, -0.2) is 8.42 Å². The molecule has 1 amide bonds. The van der Waals surface area contributed by atoms with Gasteiger partial charge in [0.25, 0.3) is 5.91 Å². The van der Waals surface area contributed by atoms with E-state index in [1.54, 1.807) is 22.5 Å². The van der Waals surface area contributed by atoms with Crippen molar-refractivity contribution < 1.29 is 13.2 Å². The highest BCUT2D eigenvalue weighted by molar-refractivity contribution is 7.89. The summed E-state index contributed by atoms with van der Waals surface area (Å²) in [5.41, 5.74) is 0.403. The summed E-state index contributed by atoms with van der Waals surface area (Å²) in [7, 11) is -3.56. The van der Waals surface area contributed by atoms with E-state index < -0.39 is 10.0 Å². The Kier molecular flexibility index (Phi) is 8.09. The molecule has 0 saturated carbocycles. The van der Waals surface area contributed by atoms with Crippen molar-refractivity contribution in [1.29, 1.82) is 0 Å². The highest BCUT2D eigenvalue weighted by atomic mass is 35.5. The van der Waals surface area contributed by atoms with Gasteiger partial charge < -0.3 is 10.6 Å². The number of carbonyl (C=O) groups excluding carboxylic acids is 1. The van der Waals surface area contributed by atoms with Crippen LogP contribution < -0.4 is 10.6 Å². The minimum absolute atomic E-state index is 0. The SMILES string of the molecule is CC1CCCCN1S(=O)(=O)c1cccc(C(=O)NCCC2CCNC2)c1.Cl. The molecule has 152 valence electrons. The highest BCUT2D eigenvalue weighted by Crippen LogP contribution is 2.25. The molecular formula is C19H30ClN3O3S. The molecule has 2 fully saturated rings. The van der Waals surface area contributed by atoms with Crippen molar-refractivity contribution >= 4 is 28.3 Å².